The molecule has 0 spiro atoms. The fourth-order valence-electron chi connectivity index (χ4n) is 9.28. The van der Waals surface area contributed by atoms with Crippen LogP contribution in [0.3, 0.4) is 0 Å². The second-order valence-corrected chi connectivity index (χ2v) is 16.7. The Bertz CT molecular complexity index is 3630. The fourth-order valence-corrected chi connectivity index (χ4v) is 9.28. The standard InChI is InChI=1S/C59H41N5/c1-38-24-28-40(29-25-38)57-60-58(41-30-26-39(2)27-31-41)62-59(61-57)46-15-9-12-42(34-46)43-13-10-17-48(35-43)64-55-23-8-5-20-51(55)52-33-32-45(37-56(52)64)44-14-11-16-47(36-44)63-53-21-6-3-18-49(53)50-19-4-7-22-54(50)63/h3-37H,1-2H3. The van der Waals surface area contributed by atoms with Gasteiger partial charge in [-0.3, -0.25) is 0 Å². The van der Waals surface area contributed by atoms with Crippen LogP contribution >= 0.6 is 0 Å². The summed E-state index contributed by atoms with van der Waals surface area (Å²) in [6.07, 6.45) is 0. The molecule has 0 saturated heterocycles. The lowest BCUT2D eigenvalue weighted by molar-refractivity contribution is 1.07. The van der Waals surface area contributed by atoms with Crippen LogP contribution in [0, 0.1) is 13.8 Å². The molecule has 0 aliphatic heterocycles. The molecule has 5 heteroatoms. The topological polar surface area (TPSA) is 48.5 Å². The summed E-state index contributed by atoms with van der Waals surface area (Å²) in [7, 11) is 0. The second kappa shape index (κ2) is 15.2. The number of benzene rings is 9. The summed E-state index contributed by atoms with van der Waals surface area (Å²) in [5.41, 5.74) is 16.7. The number of hydrogen-bond donors (Lipinski definition) is 0. The van der Waals surface area contributed by atoms with Crippen LogP contribution in [-0.2, 0) is 0 Å². The summed E-state index contributed by atoms with van der Waals surface area (Å²) >= 11 is 0. The van der Waals surface area contributed by atoms with Crippen molar-refractivity contribution < 1.29 is 0 Å². The van der Waals surface area contributed by atoms with Gasteiger partial charge in [0.2, 0.25) is 0 Å². The number of para-hydroxylation sites is 3. The van der Waals surface area contributed by atoms with E-state index in [-0.39, 0.29) is 0 Å². The maximum Gasteiger partial charge on any atom is 0.164 e. The molecule has 0 bridgehead atoms. The van der Waals surface area contributed by atoms with Crippen molar-refractivity contribution in [2.45, 2.75) is 13.8 Å². The molecule has 0 atom stereocenters. The van der Waals surface area contributed by atoms with Crippen molar-refractivity contribution in [1.82, 2.24) is 24.1 Å². The van der Waals surface area contributed by atoms with Crippen molar-refractivity contribution in [2.24, 2.45) is 0 Å². The van der Waals surface area contributed by atoms with Gasteiger partial charge in [-0.2, -0.15) is 0 Å². The number of aromatic nitrogens is 5. The Morgan fingerprint density at radius 3 is 1.12 bits per heavy atom. The van der Waals surface area contributed by atoms with Gasteiger partial charge in [0.15, 0.2) is 17.5 Å². The zero-order valence-corrected chi connectivity index (χ0v) is 35.4. The molecular formula is C59H41N5. The van der Waals surface area contributed by atoms with E-state index in [1.54, 1.807) is 0 Å². The average Bonchev–Trinajstić information content (AvgIpc) is 3.87. The Labute approximate surface area is 371 Å². The van der Waals surface area contributed by atoms with Gasteiger partial charge >= 0.3 is 0 Å². The first-order valence-electron chi connectivity index (χ1n) is 21.8. The number of nitrogens with zero attached hydrogens (tertiary/aromatic N) is 5. The number of rotatable bonds is 7. The van der Waals surface area contributed by atoms with E-state index in [0.29, 0.717) is 17.5 Å². The van der Waals surface area contributed by atoms with Crippen LogP contribution < -0.4 is 0 Å². The summed E-state index contributed by atoms with van der Waals surface area (Å²) in [4.78, 5) is 15.1. The molecule has 5 nitrogen and oxygen atoms in total. The van der Waals surface area contributed by atoms with Crippen molar-refractivity contribution >= 4 is 43.6 Å². The van der Waals surface area contributed by atoms with Gasteiger partial charge in [0.1, 0.15) is 0 Å². The SMILES string of the molecule is Cc1ccc(-c2nc(-c3ccc(C)cc3)nc(-c3cccc(-c4cccc(-n5c6ccccc6c6ccc(-c7cccc(-n8c9ccccc9c9ccccc98)c7)cc65)c4)c3)n2)cc1. The molecule has 3 aromatic heterocycles. The van der Waals surface area contributed by atoms with Crippen molar-refractivity contribution in [2.75, 3.05) is 0 Å². The highest BCUT2D eigenvalue weighted by atomic mass is 15.0. The third-order valence-corrected chi connectivity index (χ3v) is 12.5. The minimum atomic E-state index is 0.635. The maximum absolute atomic E-state index is 5.06. The third-order valence-electron chi connectivity index (χ3n) is 12.5. The fraction of sp³-hybridized carbons (Fsp3) is 0.0339. The van der Waals surface area contributed by atoms with Crippen LogP contribution in [0.15, 0.2) is 212 Å². The molecule has 0 saturated carbocycles. The average molecular weight is 820 g/mol. The van der Waals surface area contributed by atoms with Crippen molar-refractivity contribution in [3.05, 3.63) is 223 Å². The largest absolute Gasteiger partial charge is 0.309 e. The Kier molecular flexibility index (Phi) is 8.87. The van der Waals surface area contributed by atoms with Crippen molar-refractivity contribution in [3.8, 4) is 67.8 Å². The minimum absolute atomic E-state index is 0.635. The Morgan fingerprint density at radius 1 is 0.266 bits per heavy atom. The Hall–Kier alpha value is -8.41. The monoisotopic (exact) mass is 819 g/mol. The molecule has 0 aliphatic carbocycles. The molecule has 12 aromatic rings. The highest BCUT2D eigenvalue weighted by Crippen LogP contribution is 2.38. The van der Waals surface area contributed by atoms with E-state index < -0.39 is 0 Å². The molecular weight excluding hydrogens is 779 g/mol. The van der Waals surface area contributed by atoms with Crippen molar-refractivity contribution in [3.63, 3.8) is 0 Å². The number of aryl methyl sites for hydroxylation is 2. The summed E-state index contributed by atoms with van der Waals surface area (Å²) in [6, 6.07) is 76.0. The van der Waals surface area contributed by atoms with Crippen LogP contribution in [0.1, 0.15) is 11.1 Å². The van der Waals surface area contributed by atoms with E-state index in [4.69, 9.17) is 15.0 Å². The molecule has 3 heterocycles. The van der Waals surface area contributed by atoms with Crippen LogP contribution in [0.4, 0.5) is 0 Å². The molecule has 0 N–H and O–H groups in total. The van der Waals surface area contributed by atoms with Gasteiger partial charge in [-0.25, -0.2) is 15.0 Å². The lowest BCUT2D eigenvalue weighted by Crippen LogP contribution is -2.00. The molecule has 0 amide bonds. The van der Waals surface area contributed by atoms with Gasteiger partial charge in [-0.15, -0.1) is 0 Å². The van der Waals surface area contributed by atoms with Crippen LogP contribution in [0.2, 0.25) is 0 Å². The minimum Gasteiger partial charge on any atom is -0.309 e. The van der Waals surface area contributed by atoms with E-state index in [1.807, 2.05) is 0 Å². The lowest BCUT2D eigenvalue weighted by atomic mass is 10.0. The summed E-state index contributed by atoms with van der Waals surface area (Å²) in [6.45, 7) is 4.18. The third kappa shape index (κ3) is 6.45. The summed E-state index contributed by atoms with van der Waals surface area (Å²) < 4.78 is 4.79. The van der Waals surface area contributed by atoms with Crippen LogP contribution in [-0.4, -0.2) is 24.1 Å². The molecule has 0 aliphatic rings. The van der Waals surface area contributed by atoms with E-state index in [0.717, 1.165) is 61.4 Å². The Balaban J connectivity index is 0.957. The smallest absolute Gasteiger partial charge is 0.164 e. The zero-order chi connectivity index (χ0) is 42.7. The van der Waals surface area contributed by atoms with E-state index >= 15 is 0 Å². The second-order valence-electron chi connectivity index (χ2n) is 16.7. The molecule has 0 fully saturated rings. The quantitative estimate of drug-likeness (QED) is 0.161. The zero-order valence-electron chi connectivity index (χ0n) is 35.4. The van der Waals surface area contributed by atoms with E-state index in [9.17, 15) is 0 Å². The lowest BCUT2D eigenvalue weighted by Gasteiger charge is -2.13. The predicted octanol–water partition coefficient (Wildman–Crippen LogP) is 15.0. The molecule has 0 unspecified atom stereocenters. The molecule has 0 radical (unpaired) electrons. The Morgan fingerprint density at radius 2 is 0.625 bits per heavy atom. The molecule has 12 rings (SSSR count). The molecule has 9 aromatic carbocycles. The van der Waals surface area contributed by atoms with E-state index in [1.165, 1.54) is 43.7 Å². The maximum atomic E-state index is 5.06. The molecule has 302 valence electrons. The van der Waals surface area contributed by atoms with Crippen LogP contribution in [0.5, 0.6) is 0 Å². The van der Waals surface area contributed by atoms with Gasteiger partial charge < -0.3 is 9.13 Å². The van der Waals surface area contributed by atoms with Gasteiger partial charge in [0, 0.05) is 49.6 Å². The normalized spacial score (nSPS) is 11.6. The summed E-state index contributed by atoms with van der Waals surface area (Å²) in [5.74, 6) is 1.94. The first-order chi connectivity index (χ1) is 31.5. The van der Waals surface area contributed by atoms with Crippen LogP contribution in [0.25, 0.3) is 111 Å². The van der Waals surface area contributed by atoms with E-state index in [2.05, 4.69) is 235 Å². The molecule has 64 heavy (non-hydrogen) atoms. The van der Waals surface area contributed by atoms with Gasteiger partial charge in [0.05, 0.1) is 22.1 Å². The summed E-state index contributed by atoms with van der Waals surface area (Å²) in [5, 5.41) is 4.95. The van der Waals surface area contributed by atoms with Gasteiger partial charge in [-0.05, 0) is 90.7 Å². The number of hydrogen-bond acceptors (Lipinski definition) is 3. The highest BCUT2D eigenvalue weighted by Gasteiger charge is 2.17. The first kappa shape index (κ1) is 37.4. The number of fused-ring (bicyclic) bond motifs is 6. The first-order valence-corrected chi connectivity index (χ1v) is 21.8. The predicted molar refractivity (Wildman–Crippen MR) is 265 cm³/mol. The highest BCUT2D eigenvalue weighted by molar-refractivity contribution is 6.11. The van der Waals surface area contributed by atoms with Gasteiger partial charge in [-0.1, -0.05) is 169 Å². The van der Waals surface area contributed by atoms with Crippen molar-refractivity contribution in [1.29, 1.82) is 0 Å². The van der Waals surface area contributed by atoms with Gasteiger partial charge in [0.25, 0.3) is 0 Å².